The molecule has 20 heteroatoms. The average molecular weight is 452 g/mol. The van der Waals surface area contributed by atoms with Crippen LogP contribution in [0.3, 0.4) is 0 Å². The number of phosphoric acid groups is 2. The molecule has 2 atom stereocenters. The first-order chi connectivity index (χ1) is 10.9. The normalized spacial score (nSPS) is 13.7. The minimum absolute atomic E-state index is 0. The van der Waals surface area contributed by atoms with Crippen molar-refractivity contribution in [2.75, 3.05) is 18.5 Å². The molecule has 0 aliphatic heterocycles. The van der Waals surface area contributed by atoms with Crippen molar-refractivity contribution < 1.29 is 56.6 Å². The van der Waals surface area contributed by atoms with Crippen LogP contribution >= 0.6 is 15.6 Å². The summed E-state index contributed by atoms with van der Waals surface area (Å²) in [4.78, 5) is 47.3. The number of phosphoric ester groups is 1. The van der Waals surface area contributed by atoms with Gasteiger partial charge in [-0.15, -0.1) is 0 Å². The van der Waals surface area contributed by atoms with E-state index in [1.807, 2.05) is 0 Å². The molecule has 1 aromatic carbocycles. The van der Waals surface area contributed by atoms with Crippen LogP contribution in [-0.4, -0.2) is 42.9 Å². The monoisotopic (exact) mass is 452 g/mol. The van der Waals surface area contributed by atoms with Crippen molar-refractivity contribution in [1.82, 2.24) is 0 Å². The van der Waals surface area contributed by atoms with Crippen LogP contribution in [0.25, 0.3) is 0 Å². The molecule has 158 valence electrons. The van der Waals surface area contributed by atoms with E-state index < -0.39 is 43.5 Å². The number of nitrogens with one attached hydrogen (secondary N) is 1. The maximum Gasteiger partial charge on any atom is 2.00 e. The first kappa shape index (κ1) is 33.6. The summed E-state index contributed by atoms with van der Waals surface area (Å²) in [5.41, 5.74) is -1.27. The van der Waals surface area contributed by atoms with Gasteiger partial charge in [0.05, 0.1) is 22.5 Å². The van der Waals surface area contributed by atoms with Crippen molar-refractivity contribution in [2.24, 2.45) is 0 Å². The van der Waals surface area contributed by atoms with E-state index in [0.29, 0.717) is 6.07 Å². The van der Waals surface area contributed by atoms with Crippen molar-refractivity contribution in [1.29, 1.82) is 0 Å². The molecule has 1 aromatic rings. The van der Waals surface area contributed by atoms with E-state index in [1.165, 1.54) is 0 Å². The number of halogens is 3. The van der Waals surface area contributed by atoms with E-state index in [2.05, 4.69) is 14.2 Å². The Bertz CT molecular complexity index is 752. The van der Waals surface area contributed by atoms with Gasteiger partial charge in [0, 0.05) is 12.6 Å². The Labute approximate surface area is 157 Å². The Morgan fingerprint density at radius 2 is 1.61 bits per heavy atom. The number of nitro groups is 2. The van der Waals surface area contributed by atoms with Gasteiger partial charge < -0.3 is 34.1 Å². The van der Waals surface area contributed by atoms with Gasteiger partial charge in [0.1, 0.15) is 5.69 Å². The molecule has 0 saturated heterocycles. The van der Waals surface area contributed by atoms with Crippen molar-refractivity contribution >= 4 is 42.8 Å². The van der Waals surface area contributed by atoms with E-state index in [9.17, 15) is 34.3 Å². The Kier molecular flexibility index (Phi) is 15.9. The Balaban J connectivity index is -0.000000720. The van der Waals surface area contributed by atoms with Gasteiger partial charge in [-0.05, 0) is 6.07 Å². The number of non-ortho nitro benzene ring substituents is 1. The summed E-state index contributed by atoms with van der Waals surface area (Å²) in [6.45, 7) is -0.955. The Morgan fingerprint density at radius 1 is 1.07 bits per heavy atom. The molecule has 0 heterocycles. The summed E-state index contributed by atoms with van der Waals surface area (Å²) in [6, 6.07) is 2.75. The molecule has 0 amide bonds. The zero-order valence-corrected chi connectivity index (χ0v) is 15.1. The molecule has 3 N–H and O–H groups in total. The first-order valence-corrected chi connectivity index (χ1v) is 8.79. The van der Waals surface area contributed by atoms with Gasteiger partial charge in [-0.1, -0.05) is 0 Å². The molecule has 28 heavy (non-hydrogen) atoms. The van der Waals surface area contributed by atoms with Gasteiger partial charge in [-0.25, -0.2) is 8.88 Å². The number of nitrogens with zero attached hydrogens (tertiary/aromatic N) is 2. The second kappa shape index (κ2) is 13.3. The van der Waals surface area contributed by atoms with Gasteiger partial charge in [-0.3, -0.25) is 29.3 Å². The quantitative estimate of drug-likeness (QED) is 0.105. The van der Waals surface area contributed by atoms with E-state index in [1.54, 1.807) is 0 Å². The first-order valence-electron chi connectivity index (χ1n) is 5.80. The minimum atomic E-state index is -5.49. The van der Waals surface area contributed by atoms with Crippen molar-refractivity contribution in [3.05, 3.63) is 38.4 Å². The molecule has 0 aliphatic rings. The molecule has 0 fully saturated rings. The van der Waals surface area contributed by atoms with E-state index in [4.69, 9.17) is 9.79 Å². The molecular weight excluding hydrogens is 442 g/mol. The van der Waals surface area contributed by atoms with Crippen LogP contribution in [0, 0.1) is 20.2 Å². The fraction of sp³-hybridized carbons (Fsp3) is 0.250. The topological polar surface area (TPSA) is 214 Å². The number of hydrogen-bond donors (Lipinski definition) is 3. The molecule has 2 unspecified atom stereocenters. The molecule has 0 radical (unpaired) electrons. The van der Waals surface area contributed by atoms with E-state index in [-0.39, 0.29) is 36.5 Å². The second-order valence-electron chi connectivity index (χ2n) is 3.99. The van der Waals surface area contributed by atoms with Crippen molar-refractivity contribution in [3.63, 3.8) is 0 Å². The number of hydrogen-bond acceptors (Lipinski definition) is 10. The smallest absolute Gasteiger partial charge is 1.00 e. The van der Waals surface area contributed by atoms with E-state index in [0.717, 1.165) is 12.1 Å². The minimum Gasteiger partial charge on any atom is -1.00 e. The Morgan fingerprint density at radius 3 is 2.04 bits per heavy atom. The molecule has 0 aromatic heterocycles. The van der Waals surface area contributed by atoms with Crippen molar-refractivity contribution in [3.8, 4) is 0 Å². The van der Waals surface area contributed by atoms with Gasteiger partial charge in [0.15, 0.2) is 0 Å². The predicted molar refractivity (Wildman–Crippen MR) is 80.7 cm³/mol. The van der Waals surface area contributed by atoms with Gasteiger partial charge in [0.2, 0.25) is 0 Å². The molecular formula is C8H10BeF3N3O11P2-2. The van der Waals surface area contributed by atoms with E-state index >= 15 is 0 Å². The van der Waals surface area contributed by atoms with Gasteiger partial charge in [-0.2, -0.15) is 0 Å². The van der Waals surface area contributed by atoms with Gasteiger partial charge in [0.25, 0.3) is 19.2 Å². The third-order valence-corrected chi connectivity index (χ3v) is 4.43. The number of anilines is 1. The fourth-order valence-electron chi connectivity index (χ4n) is 1.43. The molecule has 0 spiro atoms. The standard InChI is InChI=1S/C8H11N3O11P2.Be.3FH/c12-10(13)6-1-2-7(8(5-6)11(14)15)9-3-4-21-24(19,20)22-23(16,17)18;;;;/h1-2,5,9H,3-4H2,(H,19,20)(H2,16,17,18);;3*1H/q;+2;;;/p-4. The summed E-state index contributed by atoms with van der Waals surface area (Å²) in [6.07, 6.45) is 0. The SMILES string of the molecule is O=[N+]([O-])c1ccc(NCCOP(=O)(O)OP(=O)([O-])O)c([N+](=O)[O-])c1.[Be+2].[F-].[F-].[F-]. The summed E-state index contributed by atoms with van der Waals surface area (Å²) >= 11 is 0. The van der Waals surface area contributed by atoms with Crippen LogP contribution in [0.1, 0.15) is 0 Å². The Hall–Kier alpha value is -1.96. The third kappa shape index (κ3) is 11.7. The maximum atomic E-state index is 11.1. The van der Waals surface area contributed by atoms with Crippen LogP contribution in [0.2, 0.25) is 0 Å². The van der Waals surface area contributed by atoms with Crippen LogP contribution in [0.4, 0.5) is 17.1 Å². The van der Waals surface area contributed by atoms with Crippen LogP contribution in [0.15, 0.2) is 18.2 Å². The van der Waals surface area contributed by atoms with Crippen molar-refractivity contribution in [2.45, 2.75) is 0 Å². The summed E-state index contributed by atoms with van der Waals surface area (Å²) in [5, 5.41) is 23.8. The fourth-order valence-corrected chi connectivity index (χ4v) is 2.99. The molecule has 1 rings (SSSR count). The number of rotatable bonds is 9. The molecule has 0 saturated carbocycles. The zero-order valence-electron chi connectivity index (χ0n) is 13.3. The predicted octanol–water partition coefficient (Wildman–Crippen LogP) is -8.86. The summed E-state index contributed by atoms with van der Waals surface area (Å²) in [7, 11) is -10.6. The summed E-state index contributed by atoms with van der Waals surface area (Å²) in [5.74, 6) is 0. The largest absolute Gasteiger partial charge is 2.00 e. The second-order valence-corrected chi connectivity index (χ2v) is 6.78. The average Bonchev–Trinajstić information content (AvgIpc) is 2.40. The molecule has 0 bridgehead atoms. The van der Waals surface area contributed by atoms with Crippen LogP contribution in [0.5, 0.6) is 0 Å². The number of benzene rings is 1. The molecule has 0 aliphatic carbocycles. The molecule has 14 nitrogen and oxygen atoms in total. The third-order valence-electron chi connectivity index (χ3n) is 2.27. The maximum absolute atomic E-state index is 11.1. The zero-order chi connectivity index (χ0) is 18.5. The van der Waals surface area contributed by atoms with Gasteiger partial charge >= 0.3 is 17.9 Å². The number of nitro benzene ring substituents is 2. The van der Waals surface area contributed by atoms with Crippen LogP contribution < -0.4 is 24.3 Å². The summed E-state index contributed by atoms with van der Waals surface area (Å²) < 4.78 is 29.0. The van der Waals surface area contributed by atoms with Crippen LogP contribution in [-0.2, 0) is 18.0 Å².